The van der Waals surface area contributed by atoms with Crippen LogP contribution in [-0.2, 0) is 0 Å². The first-order valence-electron chi connectivity index (χ1n) is 6.82. The lowest BCUT2D eigenvalue weighted by Gasteiger charge is -2.20. The lowest BCUT2D eigenvalue weighted by molar-refractivity contribution is 0.392. The van der Waals surface area contributed by atoms with E-state index in [1.165, 1.54) is 38.5 Å². The van der Waals surface area contributed by atoms with E-state index >= 15 is 0 Å². The van der Waals surface area contributed by atoms with Gasteiger partial charge in [0.15, 0.2) is 0 Å². The number of hydrogen-bond acceptors (Lipinski definition) is 1. The molecule has 0 aliphatic heterocycles. The van der Waals surface area contributed by atoms with Crippen LogP contribution in [0.4, 0.5) is 0 Å². The van der Waals surface area contributed by atoms with Crippen LogP contribution in [0, 0.1) is 5.92 Å². The topological polar surface area (TPSA) is 12.0 Å². The van der Waals surface area contributed by atoms with E-state index in [-0.39, 0.29) is 0 Å². The SMILES string of the molecule is CCCCCC(C)NC(C)CCC(C)C. The normalized spacial score (nSPS) is 15.6. The maximum Gasteiger partial charge on any atom is 0.00413 e. The zero-order valence-corrected chi connectivity index (χ0v) is 11.5. The van der Waals surface area contributed by atoms with Crippen molar-refractivity contribution < 1.29 is 0 Å². The molecule has 0 spiro atoms. The molecule has 0 aromatic carbocycles. The molecule has 0 aliphatic carbocycles. The summed E-state index contributed by atoms with van der Waals surface area (Å²) in [5, 5.41) is 3.69. The third-order valence-electron chi connectivity index (χ3n) is 2.99. The Kier molecular flexibility index (Phi) is 9.18. The fourth-order valence-electron chi connectivity index (χ4n) is 1.94. The highest BCUT2D eigenvalue weighted by Gasteiger charge is 2.07. The van der Waals surface area contributed by atoms with Gasteiger partial charge in [0.25, 0.3) is 0 Å². The molecule has 92 valence electrons. The number of nitrogens with one attached hydrogen (secondary N) is 1. The molecule has 0 amide bonds. The molecular formula is C14H31N. The minimum atomic E-state index is 0.684. The summed E-state index contributed by atoms with van der Waals surface area (Å²) in [6.45, 7) is 11.5. The van der Waals surface area contributed by atoms with Crippen molar-refractivity contribution >= 4 is 0 Å². The zero-order valence-electron chi connectivity index (χ0n) is 11.5. The molecular weight excluding hydrogens is 182 g/mol. The summed E-state index contributed by atoms with van der Waals surface area (Å²) >= 11 is 0. The Morgan fingerprint density at radius 1 is 0.800 bits per heavy atom. The van der Waals surface area contributed by atoms with E-state index < -0.39 is 0 Å². The standard InChI is InChI=1S/C14H31N/c1-6-7-8-9-13(4)15-14(5)11-10-12(2)3/h12-15H,6-11H2,1-5H3. The van der Waals surface area contributed by atoms with Crippen molar-refractivity contribution in [3.05, 3.63) is 0 Å². The van der Waals surface area contributed by atoms with Gasteiger partial charge in [-0.25, -0.2) is 0 Å². The van der Waals surface area contributed by atoms with Gasteiger partial charge in [0, 0.05) is 12.1 Å². The van der Waals surface area contributed by atoms with Gasteiger partial charge >= 0.3 is 0 Å². The number of hydrogen-bond donors (Lipinski definition) is 1. The van der Waals surface area contributed by atoms with Crippen LogP contribution in [0.3, 0.4) is 0 Å². The van der Waals surface area contributed by atoms with Crippen molar-refractivity contribution in [2.24, 2.45) is 5.92 Å². The molecule has 0 bridgehead atoms. The predicted octanol–water partition coefficient (Wildman–Crippen LogP) is 4.37. The summed E-state index contributed by atoms with van der Waals surface area (Å²) in [6, 6.07) is 1.38. The zero-order chi connectivity index (χ0) is 11.7. The third kappa shape index (κ3) is 10.2. The number of rotatable bonds is 9. The van der Waals surface area contributed by atoms with Crippen LogP contribution in [0.5, 0.6) is 0 Å². The quantitative estimate of drug-likeness (QED) is 0.561. The van der Waals surface area contributed by atoms with Crippen LogP contribution >= 0.6 is 0 Å². The molecule has 1 heteroatoms. The van der Waals surface area contributed by atoms with Gasteiger partial charge in [0.2, 0.25) is 0 Å². The van der Waals surface area contributed by atoms with Crippen LogP contribution in [0.1, 0.15) is 73.1 Å². The molecule has 0 aromatic heterocycles. The second-order valence-electron chi connectivity index (χ2n) is 5.44. The second kappa shape index (κ2) is 9.21. The van der Waals surface area contributed by atoms with Crippen LogP contribution in [0.15, 0.2) is 0 Å². The Bertz CT molecular complexity index is 131. The van der Waals surface area contributed by atoms with E-state index in [2.05, 4.69) is 39.9 Å². The Morgan fingerprint density at radius 2 is 1.40 bits per heavy atom. The molecule has 15 heavy (non-hydrogen) atoms. The van der Waals surface area contributed by atoms with Gasteiger partial charge in [-0.1, -0.05) is 40.0 Å². The van der Waals surface area contributed by atoms with E-state index in [9.17, 15) is 0 Å². The Balaban J connectivity index is 3.44. The molecule has 0 fully saturated rings. The molecule has 2 unspecified atom stereocenters. The lowest BCUT2D eigenvalue weighted by atomic mass is 10.0. The van der Waals surface area contributed by atoms with Gasteiger partial charge in [-0.2, -0.15) is 0 Å². The van der Waals surface area contributed by atoms with Crippen molar-refractivity contribution in [2.45, 2.75) is 85.2 Å². The van der Waals surface area contributed by atoms with Crippen molar-refractivity contribution in [3.63, 3.8) is 0 Å². The summed E-state index contributed by atoms with van der Waals surface area (Å²) in [5.41, 5.74) is 0. The van der Waals surface area contributed by atoms with E-state index in [1.807, 2.05) is 0 Å². The first-order valence-corrected chi connectivity index (χ1v) is 6.82. The molecule has 0 aliphatic rings. The Labute approximate surface area is 97.0 Å². The third-order valence-corrected chi connectivity index (χ3v) is 2.99. The Hall–Kier alpha value is -0.0400. The van der Waals surface area contributed by atoms with Gasteiger partial charge < -0.3 is 5.32 Å². The fraction of sp³-hybridized carbons (Fsp3) is 1.00. The monoisotopic (exact) mass is 213 g/mol. The summed E-state index contributed by atoms with van der Waals surface area (Å²) < 4.78 is 0. The van der Waals surface area contributed by atoms with Crippen molar-refractivity contribution in [3.8, 4) is 0 Å². The van der Waals surface area contributed by atoms with Crippen LogP contribution in [0.2, 0.25) is 0 Å². The summed E-state index contributed by atoms with van der Waals surface area (Å²) in [5.74, 6) is 0.838. The first-order chi connectivity index (χ1) is 7.06. The minimum Gasteiger partial charge on any atom is -0.312 e. The molecule has 0 saturated carbocycles. The highest BCUT2D eigenvalue weighted by Crippen LogP contribution is 2.09. The highest BCUT2D eigenvalue weighted by molar-refractivity contribution is 4.68. The molecule has 0 aromatic rings. The lowest BCUT2D eigenvalue weighted by Crippen LogP contribution is -2.34. The second-order valence-corrected chi connectivity index (χ2v) is 5.44. The maximum atomic E-state index is 3.69. The average molecular weight is 213 g/mol. The largest absolute Gasteiger partial charge is 0.312 e. The van der Waals surface area contributed by atoms with E-state index in [4.69, 9.17) is 0 Å². The molecule has 0 heterocycles. The first kappa shape index (κ1) is 15.0. The highest BCUT2D eigenvalue weighted by atomic mass is 14.9. The smallest absolute Gasteiger partial charge is 0.00413 e. The molecule has 2 atom stereocenters. The van der Waals surface area contributed by atoms with E-state index in [0.717, 1.165) is 5.92 Å². The van der Waals surface area contributed by atoms with Crippen molar-refractivity contribution in [1.82, 2.24) is 5.32 Å². The molecule has 0 radical (unpaired) electrons. The van der Waals surface area contributed by atoms with Crippen molar-refractivity contribution in [1.29, 1.82) is 0 Å². The van der Waals surface area contributed by atoms with Gasteiger partial charge in [0.05, 0.1) is 0 Å². The Morgan fingerprint density at radius 3 is 1.93 bits per heavy atom. The van der Waals surface area contributed by atoms with Crippen LogP contribution < -0.4 is 5.32 Å². The summed E-state index contributed by atoms with van der Waals surface area (Å²) in [4.78, 5) is 0. The van der Waals surface area contributed by atoms with E-state index in [1.54, 1.807) is 0 Å². The molecule has 0 rings (SSSR count). The molecule has 1 N–H and O–H groups in total. The van der Waals surface area contributed by atoms with Crippen LogP contribution in [0.25, 0.3) is 0 Å². The fourth-order valence-corrected chi connectivity index (χ4v) is 1.94. The maximum absolute atomic E-state index is 3.69. The van der Waals surface area contributed by atoms with Gasteiger partial charge in [-0.05, 0) is 39.0 Å². The predicted molar refractivity (Wildman–Crippen MR) is 70.3 cm³/mol. The number of unbranched alkanes of at least 4 members (excludes halogenated alkanes) is 2. The van der Waals surface area contributed by atoms with E-state index in [0.29, 0.717) is 12.1 Å². The van der Waals surface area contributed by atoms with Gasteiger partial charge in [-0.15, -0.1) is 0 Å². The van der Waals surface area contributed by atoms with Crippen molar-refractivity contribution in [2.75, 3.05) is 0 Å². The molecule has 0 saturated heterocycles. The van der Waals surface area contributed by atoms with Gasteiger partial charge in [0.1, 0.15) is 0 Å². The average Bonchev–Trinajstić information content (AvgIpc) is 2.15. The van der Waals surface area contributed by atoms with Gasteiger partial charge in [-0.3, -0.25) is 0 Å². The minimum absolute atomic E-state index is 0.684. The molecule has 1 nitrogen and oxygen atoms in total. The summed E-state index contributed by atoms with van der Waals surface area (Å²) in [6.07, 6.45) is 8.08. The van der Waals surface area contributed by atoms with Crippen LogP contribution in [-0.4, -0.2) is 12.1 Å². The summed E-state index contributed by atoms with van der Waals surface area (Å²) in [7, 11) is 0.